The molecule has 0 atom stereocenters. The lowest BCUT2D eigenvalue weighted by molar-refractivity contribution is -0.387. The molecule has 1 aromatic carbocycles. The number of aromatic nitrogens is 2. The Hall–Kier alpha value is -2.07. The van der Waals surface area contributed by atoms with E-state index < -0.39 is 25.5 Å². The summed E-state index contributed by atoms with van der Waals surface area (Å²) in [5.74, 6) is 0.368. The molecule has 22 heavy (non-hydrogen) atoms. The van der Waals surface area contributed by atoms with Gasteiger partial charge in [-0.15, -0.1) is 10.2 Å². The summed E-state index contributed by atoms with van der Waals surface area (Å²) in [6, 6.07) is 5.14. The maximum atomic E-state index is 12.3. The molecule has 0 aliphatic heterocycles. The number of nitrogens with one attached hydrogen (secondary N) is 1. The van der Waals surface area contributed by atoms with E-state index >= 15 is 0 Å². The van der Waals surface area contributed by atoms with Crippen molar-refractivity contribution in [3.8, 4) is 0 Å². The second kappa shape index (κ2) is 6.36. The summed E-state index contributed by atoms with van der Waals surface area (Å²) in [4.78, 5) is 9.79. The van der Waals surface area contributed by atoms with Gasteiger partial charge in [-0.25, -0.2) is 8.42 Å². The maximum Gasteiger partial charge on any atom is 0.289 e. The molecular weight excluding hydrogens is 328 g/mol. The van der Waals surface area contributed by atoms with Gasteiger partial charge in [0.15, 0.2) is 4.90 Å². The van der Waals surface area contributed by atoms with Crippen molar-refractivity contribution < 1.29 is 13.3 Å². The molecule has 118 valence electrons. The first kappa shape index (κ1) is 16.3. The quantitative estimate of drug-likeness (QED) is 0.637. The third-order valence-corrected chi connectivity index (χ3v) is 5.00. The molecular formula is C12H14N4O4S2. The third kappa shape index (κ3) is 3.77. The van der Waals surface area contributed by atoms with Gasteiger partial charge in [-0.1, -0.05) is 37.3 Å². The minimum Gasteiger partial charge on any atom is -0.258 e. The van der Waals surface area contributed by atoms with E-state index in [0.717, 1.165) is 17.4 Å². The van der Waals surface area contributed by atoms with Crippen LogP contribution in [0.15, 0.2) is 29.2 Å². The monoisotopic (exact) mass is 342 g/mol. The van der Waals surface area contributed by atoms with Crippen LogP contribution in [-0.2, 0) is 16.4 Å². The number of benzene rings is 1. The van der Waals surface area contributed by atoms with Crippen molar-refractivity contribution in [1.82, 2.24) is 10.2 Å². The van der Waals surface area contributed by atoms with Crippen LogP contribution in [0.2, 0.25) is 0 Å². The first-order valence-electron chi connectivity index (χ1n) is 6.38. The van der Waals surface area contributed by atoms with Crippen LogP contribution in [0.1, 0.15) is 18.9 Å². The highest BCUT2D eigenvalue weighted by Crippen LogP contribution is 2.26. The standard InChI is InChI=1S/C12H14N4O4S2/c1-8(2)7-11-13-14-12(21-11)15-22(19,20)10-6-4-3-5-9(10)16(17)18/h3-6,8H,7H2,1-2H3,(H,14,15). The van der Waals surface area contributed by atoms with E-state index in [1.807, 2.05) is 13.8 Å². The van der Waals surface area contributed by atoms with Crippen molar-refractivity contribution in [1.29, 1.82) is 0 Å². The normalized spacial score (nSPS) is 11.6. The highest BCUT2D eigenvalue weighted by molar-refractivity contribution is 7.93. The number of hydrogen-bond donors (Lipinski definition) is 1. The minimum absolute atomic E-state index is 0.0915. The Labute approximate surface area is 131 Å². The maximum absolute atomic E-state index is 12.3. The lowest BCUT2D eigenvalue weighted by Gasteiger charge is -2.05. The molecule has 0 saturated carbocycles. The number of para-hydroxylation sites is 1. The Morgan fingerprint density at radius 3 is 2.64 bits per heavy atom. The summed E-state index contributed by atoms with van der Waals surface area (Å²) in [5.41, 5.74) is -0.484. The lowest BCUT2D eigenvalue weighted by atomic mass is 10.1. The van der Waals surface area contributed by atoms with Crippen LogP contribution in [0.5, 0.6) is 0 Å². The van der Waals surface area contributed by atoms with E-state index in [1.54, 1.807) is 0 Å². The zero-order valence-electron chi connectivity index (χ0n) is 11.9. The number of nitrogens with zero attached hydrogens (tertiary/aromatic N) is 3. The molecule has 8 nitrogen and oxygen atoms in total. The fourth-order valence-corrected chi connectivity index (χ4v) is 4.09. The first-order chi connectivity index (χ1) is 10.3. The zero-order valence-corrected chi connectivity index (χ0v) is 13.5. The van der Waals surface area contributed by atoms with Gasteiger partial charge in [-0.3, -0.25) is 14.8 Å². The van der Waals surface area contributed by atoms with E-state index in [2.05, 4.69) is 14.9 Å². The van der Waals surface area contributed by atoms with Crippen LogP contribution in [0.4, 0.5) is 10.8 Å². The van der Waals surface area contributed by atoms with Crippen LogP contribution >= 0.6 is 11.3 Å². The molecule has 0 aliphatic carbocycles. The molecule has 0 fully saturated rings. The van der Waals surface area contributed by atoms with Gasteiger partial charge >= 0.3 is 0 Å². The van der Waals surface area contributed by atoms with Gasteiger partial charge < -0.3 is 0 Å². The molecule has 1 heterocycles. The Morgan fingerprint density at radius 2 is 2.00 bits per heavy atom. The molecule has 0 spiro atoms. The summed E-state index contributed by atoms with van der Waals surface area (Å²) in [6.45, 7) is 4.02. The van der Waals surface area contributed by atoms with E-state index in [1.165, 1.54) is 18.2 Å². The molecule has 2 aromatic rings. The highest BCUT2D eigenvalue weighted by atomic mass is 32.2. The van der Waals surface area contributed by atoms with Crippen LogP contribution in [0.25, 0.3) is 0 Å². The molecule has 1 aromatic heterocycles. The molecule has 0 saturated heterocycles. The van der Waals surface area contributed by atoms with Crippen LogP contribution in [0, 0.1) is 16.0 Å². The van der Waals surface area contributed by atoms with E-state index in [9.17, 15) is 18.5 Å². The van der Waals surface area contributed by atoms with Crippen molar-refractivity contribution >= 4 is 32.2 Å². The predicted octanol–water partition coefficient (Wildman–Crippen LogP) is 2.45. The van der Waals surface area contributed by atoms with Gasteiger partial charge in [-0.05, 0) is 12.0 Å². The molecule has 1 N–H and O–H groups in total. The predicted molar refractivity (Wildman–Crippen MR) is 82.4 cm³/mol. The SMILES string of the molecule is CC(C)Cc1nnc(NS(=O)(=O)c2ccccc2[N+](=O)[O-])s1. The fourth-order valence-electron chi connectivity index (χ4n) is 1.73. The van der Waals surface area contributed by atoms with Gasteiger partial charge in [-0.2, -0.15) is 0 Å². The van der Waals surface area contributed by atoms with Gasteiger partial charge in [0.2, 0.25) is 5.13 Å². The molecule has 0 amide bonds. The average Bonchev–Trinajstić information content (AvgIpc) is 2.84. The van der Waals surface area contributed by atoms with Crippen molar-refractivity contribution in [3.63, 3.8) is 0 Å². The Bertz CT molecular complexity index is 786. The zero-order chi connectivity index (χ0) is 16.3. The van der Waals surface area contributed by atoms with E-state index in [-0.39, 0.29) is 5.13 Å². The second-order valence-electron chi connectivity index (χ2n) is 4.93. The molecule has 0 radical (unpaired) electrons. The molecule has 2 rings (SSSR count). The average molecular weight is 342 g/mol. The number of nitro benzene ring substituents is 1. The van der Waals surface area contributed by atoms with Crippen molar-refractivity contribution in [3.05, 3.63) is 39.4 Å². The third-order valence-electron chi connectivity index (χ3n) is 2.62. The van der Waals surface area contributed by atoms with E-state index in [0.29, 0.717) is 17.3 Å². The molecule has 10 heteroatoms. The van der Waals surface area contributed by atoms with Crippen LogP contribution < -0.4 is 4.72 Å². The summed E-state index contributed by atoms with van der Waals surface area (Å²) in [6.07, 6.45) is 0.685. The second-order valence-corrected chi connectivity index (χ2v) is 7.64. The molecule has 0 unspecified atom stereocenters. The highest BCUT2D eigenvalue weighted by Gasteiger charge is 2.26. The number of anilines is 1. The van der Waals surface area contributed by atoms with Crippen LogP contribution in [0.3, 0.4) is 0 Å². The van der Waals surface area contributed by atoms with Gasteiger partial charge in [0.05, 0.1) is 4.92 Å². The fraction of sp³-hybridized carbons (Fsp3) is 0.333. The Balaban J connectivity index is 2.29. The topological polar surface area (TPSA) is 115 Å². The Morgan fingerprint density at radius 1 is 1.32 bits per heavy atom. The number of nitro groups is 1. The smallest absolute Gasteiger partial charge is 0.258 e. The first-order valence-corrected chi connectivity index (χ1v) is 8.68. The summed E-state index contributed by atoms with van der Waals surface area (Å²) in [5, 5.41) is 19.4. The number of hydrogen-bond acceptors (Lipinski definition) is 7. The number of rotatable bonds is 6. The largest absolute Gasteiger partial charge is 0.289 e. The summed E-state index contributed by atoms with van der Waals surface area (Å²) < 4.78 is 26.8. The molecule has 0 bridgehead atoms. The number of sulfonamides is 1. The van der Waals surface area contributed by atoms with E-state index in [4.69, 9.17) is 0 Å². The van der Waals surface area contributed by atoms with Gasteiger partial charge in [0.25, 0.3) is 15.7 Å². The van der Waals surface area contributed by atoms with Crippen LogP contribution in [-0.4, -0.2) is 23.5 Å². The van der Waals surface area contributed by atoms with Gasteiger partial charge in [0.1, 0.15) is 5.01 Å². The molecule has 0 aliphatic rings. The van der Waals surface area contributed by atoms with Gasteiger partial charge in [0, 0.05) is 12.5 Å². The Kier molecular flexibility index (Phi) is 4.71. The van der Waals surface area contributed by atoms with Crippen molar-refractivity contribution in [2.24, 2.45) is 5.92 Å². The van der Waals surface area contributed by atoms with Crippen molar-refractivity contribution in [2.75, 3.05) is 4.72 Å². The van der Waals surface area contributed by atoms with Crippen molar-refractivity contribution in [2.45, 2.75) is 25.2 Å². The summed E-state index contributed by atoms with van der Waals surface area (Å²) >= 11 is 1.11. The minimum atomic E-state index is -4.09. The summed E-state index contributed by atoms with van der Waals surface area (Å²) in [7, 11) is -4.09. The lowest BCUT2D eigenvalue weighted by Crippen LogP contribution is -2.14.